The van der Waals surface area contributed by atoms with Crippen molar-refractivity contribution in [2.24, 2.45) is 0 Å². The van der Waals surface area contributed by atoms with Crippen molar-refractivity contribution in [3.05, 3.63) is 229 Å². The lowest BCUT2D eigenvalue weighted by Crippen LogP contribution is -2.29. The van der Waals surface area contributed by atoms with Gasteiger partial charge in [0.05, 0.1) is 5.41 Å². The van der Waals surface area contributed by atoms with Gasteiger partial charge in [-0.2, -0.15) is 0 Å². The van der Waals surface area contributed by atoms with E-state index >= 15 is 0 Å². The highest BCUT2D eigenvalue weighted by atomic mass is 16.5. The van der Waals surface area contributed by atoms with Crippen LogP contribution in [0.15, 0.2) is 211 Å². The van der Waals surface area contributed by atoms with Crippen LogP contribution < -0.4 is 4.74 Å². The average molecular weight is 751 g/mol. The fourth-order valence-electron chi connectivity index (χ4n) is 10.5. The number of ether oxygens (including phenoxy) is 1. The molecule has 0 spiro atoms. The van der Waals surface area contributed by atoms with Gasteiger partial charge < -0.3 is 9.15 Å². The molecule has 0 fully saturated rings. The Balaban J connectivity index is 1.14. The third-order valence-corrected chi connectivity index (χ3v) is 12.9. The molecule has 0 atom stereocenters. The molecule has 2 nitrogen and oxygen atoms in total. The summed E-state index contributed by atoms with van der Waals surface area (Å²) in [5.74, 6) is 1.79. The van der Waals surface area contributed by atoms with E-state index in [1.54, 1.807) is 0 Å². The molecule has 13 rings (SSSR count). The number of benzene rings is 10. The van der Waals surface area contributed by atoms with Gasteiger partial charge in [0.25, 0.3) is 0 Å². The first kappa shape index (κ1) is 32.4. The summed E-state index contributed by atoms with van der Waals surface area (Å²) in [6, 6.07) is 75.3. The van der Waals surface area contributed by atoms with Crippen molar-refractivity contribution in [2.75, 3.05) is 0 Å². The second-order valence-corrected chi connectivity index (χ2v) is 15.9. The minimum Gasteiger partial charge on any atom is -0.456 e. The van der Waals surface area contributed by atoms with Gasteiger partial charge in [0.1, 0.15) is 22.7 Å². The standard InChI is InChI=1S/C57H34O2/c1-3-15-38(16-4-1)57(39-17-5-2-6-18-39)49-33-36(40-30-31-52-54-45(40)22-13-23-46(54)43-21-10-12-25-51(43)58-52)27-29-47(49)55-41-19-8-7-14-35(41)32-48(56(55)57)37-26-28-44-42-20-9-11-24-50(42)59-53(44)34-37/h1-34H. The fourth-order valence-corrected chi connectivity index (χ4v) is 10.5. The van der Waals surface area contributed by atoms with Gasteiger partial charge in [0.2, 0.25) is 0 Å². The lowest BCUT2D eigenvalue weighted by Gasteiger charge is -2.35. The lowest BCUT2D eigenvalue weighted by molar-refractivity contribution is 0.487. The van der Waals surface area contributed by atoms with Gasteiger partial charge in [0.15, 0.2) is 0 Å². The van der Waals surface area contributed by atoms with Gasteiger partial charge in [-0.05, 0) is 120 Å². The molecule has 0 N–H and O–H groups in total. The highest BCUT2D eigenvalue weighted by Crippen LogP contribution is 2.61. The van der Waals surface area contributed by atoms with Crippen molar-refractivity contribution in [2.45, 2.75) is 5.41 Å². The van der Waals surface area contributed by atoms with Crippen LogP contribution in [-0.2, 0) is 5.41 Å². The summed E-state index contributed by atoms with van der Waals surface area (Å²) in [6.07, 6.45) is 0. The zero-order valence-electron chi connectivity index (χ0n) is 31.9. The van der Waals surface area contributed by atoms with Gasteiger partial charge in [-0.15, -0.1) is 0 Å². The Bertz CT molecular complexity index is 3480. The molecule has 59 heavy (non-hydrogen) atoms. The molecule has 1 aliphatic heterocycles. The quantitative estimate of drug-likeness (QED) is 0.179. The van der Waals surface area contributed by atoms with Crippen molar-refractivity contribution in [1.29, 1.82) is 0 Å². The number of fused-ring (bicyclic) bond motifs is 10. The maximum atomic E-state index is 6.54. The molecule has 0 unspecified atom stereocenters. The van der Waals surface area contributed by atoms with E-state index in [1.165, 1.54) is 71.8 Å². The van der Waals surface area contributed by atoms with Crippen LogP contribution in [0, 0.1) is 0 Å². The molecule has 10 aromatic carbocycles. The van der Waals surface area contributed by atoms with Crippen LogP contribution >= 0.6 is 0 Å². The molecule has 1 aliphatic carbocycles. The number of para-hydroxylation sites is 2. The van der Waals surface area contributed by atoms with Crippen LogP contribution in [-0.4, -0.2) is 0 Å². The Morgan fingerprint density at radius 2 is 1.00 bits per heavy atom. The number of furan rings is 1. The maximum absolute atomic E-state index is 6.54. The average Bonchev–Trinajstić information content (AvgIpc) is 3.83. The molecule has 2 heteroatoms. The Morgan fingerprint density at radius 3 is 1.85 bits per heavy atom. The molecular formula is C57H34O2. The zero-order valence-corrected chi connectivity index (χ0v) is 31.9. The first-order valence-corrected chi connectivity index (χ1v) is 20.3. The Morgan fingerprint density at radius 1 is 0.356 bits per heavy atom. The summed E-state index contributed by atoms with van der Waals surface area (Å²) < 4.78 is 13.1. The predicted molar refractivity (Wildman–Crippen MR) is 242 cm³/mol. The number of rotatable bonds is 4. The van der Waals surface area contributed by atoms with Crippen LogP contribution in [0.3, 0.4) is 0 Å². The maximum Gasteiger partial charge on any atom is 0.136 e. The summed E-state index contributed by atoms with van der Waals surface area (Å²) >= 11 is 0. The van der Waals surface area contributed by atoms with Gasteiger partial charge in [-0.3, -0.25) is 0 Å². The normalized spacial score (nSPS) is 13.4. The van der Waals surface area contributed by atoms with Gasteiger partial charge in [-0.25, -0.2) is 0 Å². The van der Waals surface area contributed by atoms with Gasteiger partial charge in [-0.1, -0.05) is 164 Å². The Kier molecular flexibility index (Phi) is 6.68. The largest absolute Gasteiger partial charge is 0.456 e. The Hall–Kier alpha value is -7.68. The highest BCUT2D eigenvalue weighted by molar-refractivity contribution is 6.12. The van der Waals surface area contributed by atoms with Crippen LogP contribution in [0.25, 0.3) is 88.0 Å². The molecule has 0 saturated carbocycles. The van der Waals surface area contributed by atoms with Gasteiger partial charge >= 0.3 is 0 Å². The van der Waals surface area contributed by atoms with Crippen LogP contribution in [0.1, 0.15) is 22.3 Å². The molecule has 0 radical (unpaired) electrons. The fraction of sp³-hybridized carbons (Fsp3) is 0.0175. The van der Waals surface area contributed by atoms with E-state index in [9.17, 15) is 0 Å². The SMILES string of the molecule is c1ccc(C2(c3ccccc3)c3cc(-c4ccc5c6c(cccc46)-c4ccccc4O5)ccc3-c3c2c(-c2ccc4c(c2)oc2ccccc24)cc2ccccc32)cc1. The summed E-state index contributed by atoms with van der Waals surface area (Å²) in [4.78, 5) is 0. The van der Waals surface area contributed by atoms with Crippen LogP contribution in [0.5, 0.6) is 11.5 Å². The molecule has 11 aromatic rings. The molecule has 274 valence electrons. The van der Waals surface area contributed by atoms with Crippen molar-refractivity contribution in [3.63, 3.8) is 0 Å². The van der Waals surface area contributed by atoms with Crippen LogP contribution in [0.2, 0.25) is 0 Å². The van der Waals surface area contributed by atoms with E-state index in [0.29, 0.717) is 0 Å². The van der Waals surface area contributed by atoms with Crippen molar-refractivity contribution in [1.82, 2.24) is 0 Å². The molecule has 0 bridgehead atoms. The topological polar surface area (TPSA) is 22.4 Å². The van der Waals surface area contributed by atoms with E-state index in [-0.39, 0.29) is 0 Å². The first-order valence-electron chi connectivity index (χ1n) is 20.3. The smallest absolute Gasteiger partial charge is 0.136 e. The highest BCUT2D eigenvalue weighted by Gasteiger charge is 2.48. The number of hydrogen-bond donors (Lipinski definition) is 0. The molecule has 0 saturated heterocycles. The summed E-state index contributed by atoms with van der Waals surface area (Å²) in [7, 11) is 0. The molecule has 2 heterocycles. The summed E-state index contributed by atoms with van der Waals surface area (Å²) in [5.41, 5.74) is 15.7. The third kappa shape index (κ3) is 4.46. The molecule has 1 aromatic heterocycles. The summed E-state index contributed by atoms with van der Waals surface area (Å²) in [5, 5.41) is 7.05. The van der Waals surface area contributed by atoms with E-state index in [4.69, 9.17) is 9.15 Å². The Labute approximate surface area is 341 Å². The monoisotopic (exact) mass is 750 g/mol. The molecule has 0 amide bonds. The van der Waals surface area contributed by atoms with E-state index in [1.807, 2.05) is 12.1 Å². The molecule has 2 aliphatic rings. The van der Waals surface area contributed by atoms with E-state index in [2.05, 4.69) is 194 Å². The zero-order chi connectivity index (χ0) is 38.7. The van der Waals surface area contributed by atoms with Crippen molar-refractivity contribution < 1.29 is 9.15 Å². The second kappa shape index (κ2) is 12.2. The number of hydrogen-bond acceptors (Lipinski definition) is 2. The van der Waals surface area contributed by atoms with Crippen molar-refractivity contribution in [3.8, 4) is 56.0 Å². The summed E-state index contributed by atoms with van der Waals surface area (Å²) in [6.45, 7) is 0. The minimum absolute atomic E-state index is 0.653. The predicted octanol–water partition coefficient (Wildman–Crippen LogP) is 15.4. The second-order valence-electron chi connectivity index (χ2n) is 15.9. The third-order valence-electron chi connectivity index (χ3n) is 12.9. The minimum atomic E-state index is -0.653. The van der Waals surface area contributed by atoms with Crippen molar-refractivity contribution >= 4 is 43.5 Å². The molecular weight excluding hydrogens is 717 g/mol. The first-order chi connectivity index (χ1) is 29.3. The van der Waals surface area contributed by atoms with Crippen LogP contribution in [0.4, 0.5) is 0 Å². The lowest BCUT2D eigenvalue weighted by atomic mass is 9.65. The van der Waals surface area contributed by atoms with E-state index in [0.717, 1.165) is 50.0 Å². The van der Waals surface area contributed by atoms with E-state index < -0.39 is 5.41 Å². The van der Waals surface area contributed by atoms with Gasteiger partial charge in [0, 0.05) is 21.7 Å².